The van der Waals surface area contributed by atoms with Crippen molar-refractivity contribution in [3.05, 3.63) is 59.2 Å². The van der Waals surface area contributed by atoms with E-state index in [0.29, 0.717) is 23.4 Å². The lowest BCUT2D eigenvalue weighted by molar-refractivity contribution is 0.0530. The maximum absolute atomic E-state index is 13.9. The Kier molecular flexibility index (Phi) is 5.25. The summed E-state index contributed by atoms with van der Waals surface area (Å²) >= 11 is 0. The van der Waals surface area contributed by atoms with Gasteiger partial charge in [-0.3, -0.25) is 9.59 Å². The SMILES string of the molecule is COc1ccc(C(=O)N2CCN(C(=O)c3c(O)cc(F)cc3F)CC2)cc1. The molecule has 0 aliphatic carbocycles. The number of halogens is 2. The molecule has 1 aliphatic heterocycles. The van der Waals surface area contributed by atoms with E-state index in [2.05, 4.69) is 0 Å². The fourth-order valence-electron chi connectivity index (χ4n) is 2.96. The highest BCUT2D eigenvalue weighted by atomic mass is 19.1. The predicted molar refractivity (Wildman–Crippen MR) is 92.8 cm³/mol. The van der Waals surface area contributed by atoms with E-state index in [0.717, 1.165) is 0 Å². The van der Waals surface area contributed by atoms with Crippen LogP contribution in [-0.4, -0.2) is 60.0 Å². The maximum Gasteiger partial charge on any atom is 0.260 e. The van der Waals surface area contributed by atoms with Crippen LogP contribution in [0.25, 0.3) is 0 Å². The predicted octanol–water partition coefficient (Wildman–Crippen LogP) is 2.28. The molecule has 1 saturated heterocycles. The van der Waals surface area contributed by atoms with Crippen LogP contribution in [-0.2, 0) is 0 Å². The Morgan fingerprint density at radius 2 is 1.52 bits per heavy atom. The molecule has 1 aliphatic rings. The summed E-state index contributed by atoms with van der Waals surface area (Å²) in [6.45, 7) is 0.883. The van der Waals surface area contributed by atoms with Gasteiger partial charge in [0.1, 0.15) is 28.7 Å². The number of phenols is 1. The largest absolute Gasteiger partial charge is 0.507 e. The Hall–Kier alpha value is -3.16. The van der Waals surface area contributed by atoms with Crippen molar-refractivity contribution in [2.24, 2.45) is 0 Å². The molecule has 0 aromatic heterocycles. The molecule has 1 heterocycles. The van der Waals surface area contributed by atoms with Gasteiger partial charge in [-0.2, -0.15) is 0 Å². The zero-order chi connectivity index (χ0) is 19.6. The van der Waals surface area contributed by atoms with Crippen molar-refractivity contribution in [2.45, 2.75) is 0 Å². The molecule has 8 heteroatoms. The van der Waals surface area contributed by atoms with Gasteiger partial charge < -0.3 is 19.6 Å². The molecule has 1 fully saturated rings. The van der Waals surface area contributed by atoms with Crippen molar-refractivity contribution >= 4 is 11.8 Å². The van der Waals surface area contributed by atoms with E-state index in [-0.39, 0.29) is 32.1 Å². The molecular formula is C19H18F2N2O4. The third-order valence-corrected chi connectivity index (χ3v) is 4.44. The molecule has 2 amide bonds. The number of phenolic OH excluding ortho intramolecular Hbond substituents is 1. The first-order valence-electron chi connectivity index (χ1n) is 8.31. The minimum atomic E-state index is -1.12. The summed E-state index contributed by atoms with van der Waals surface area (Å²) < 4.78 is 32.0. The minimum Gasteiger partial charge on any atom is -0.507 e. The minimum absolute atomic E-state index is 0.178. The lowest BCUT2D eigenvalue weighted by atomic mass is 10.1. The summed E-state index contributed by atoms with van der Waals surface area (Å²) in [6.07, 6.45) is 0. The quantitative estimate of drug-likeness (QED) is 0.892. The smallest absolute Gasteiger partial charge is 0.260 e. The van der Waals surface area contributed by atoms with Gasteiger partial charge in [-0.25, -0.2) is 8.78 Å². The number of aromatic hydroxyl groups is 1. The molecule has 2 aromatic carbocycles. The van der Waals surface area contributed by atoms with Gasteiger partial charge in [-0.1, -0.05) is 0 Å². The van der Waals surface area contributed by atoms with E-state index in [1.165, 1.54) is 12.0 Å². The van der Waals surface area contributed by atoms with Crippen LogP contribution < -0.4 is 4.74 Å². The van der Waals surface area contributed by atoms with Gasteiger partial charge >= 0.3 is 0 Å². The molecule has 0 saturated carbocycles. The van der Waals surface area contributed by atoms with Crippen LogP contribution in [0.2, 0.25) is 0 Å². The number of hydrogen-bond donors (Lipinski definition) is 1. The van der Waals surface area contributed by atoms with Gasteiger partial charge in [-0.15, -0.1) is 0 Å². The van der Waals surface area contributed by atoms with E-state index in [1.807, 2.05) is 0 Å². The summed E-state index contributed by atoms with van der Waals surface area (Å²) in [5.41, 5.74) is -0.0656. The van der Waals surface area contributed by atoms with Crippen LogP contribution in [0.4, 0.5) is 8.78 Å². The van der Waals surface area contributed by atoms with E-state index in [1.54, 1.807) is 29.2 Å². The van der Waals surface area contributed by atoms with Crippen LogP contribution in [0.5, 0.6) is 11.5 Å². The summed E-state index contributed by atoms with van der Waals surface area (Å²) in [4.78, 5) is 27.9. The fourth-order valence-corrected chi connectivity index (χ4v) is 2.96. The lowest BCUT2D eigenvalue weighted by Gasteiger charge is -2.35. The second kappa shape index (κ2) is 7.61. The number of benzene rings is 2. The second-order valence-corrected chi connectivity index (χ2v) is 6.09. The molecule has 0 spiro atoms. The topological polar surface area (TPSA) is 70.1 Å². The summed E-state index contributed by atoms with van der Waals surface area (Å²) in [5, 5.41) is 9.70. The van der Waals surface area contributed by atoms with E-state index in [4.69, 9.17) is 4.74 Å². The van der Waals surface area contributed by atoms with Crippen molar-refractivity contribution in [2.75, 3.05) is 33.3 Å². The van der Waals surface area contributed by atoms with Crippen LogP contribution in [0, 0.1) is 11.6 Å². The monoisotopic (exact) mass is 376 g/mol. The van der Waals surface area contributed by atoms with Crippen molar-refractivity contribution in [1.82, 2.24) is 9.80 Å². The van der Waals surface area contributed by atoms with Crippen LogP contribution in [0.1, 0.15) is 20.7 Å². The lowest BCUT2D eigenvalue weighted by Crippen LogP contribution is -2.50. The molecule has 0 atom stereocenters. The molecule has 1 N–H and O–H groups in total. The van der Waals surface area contributed by atoms with Crippen molar-refractivity contribution in [3.63, 3.8) is 0 Å². The molecule has 0 radical (unpaired) electrons. The Balaban J connectivity index is 1.66. The summed E-state index contributed by atoms with van der Waals surface area (Å²) in [7, 11) is 1.54. The summed E-state index contributed by atoms with van der Waals surface area (Å²) in [5.74, 6) is -3.09. The first kappa shape index (κ1) is 18.6. The van der Waals surface area contributed by atoms with E-state index in [9.17, 15) is 23.5 Å². The zero-order valence-electron chi connectivity index (χ0n) is 14.6. The number of methoxy groups -OCH3 is 1. The third kappa shape index (κ3) is 3.84. The molecule has 142 valence electrons. The van der Waals surface area contributed by atoms with Crippen LogP contribution in [0.15, 0.2) is 36.4 Å². The Labute approximate surface area is 154 Å². The van der Waals surface area contributed by atoms with Gasteiger partial charge in [0.25, 0.3) is 11.8 Å². The zero-order valence-corrected chi connectivity index (χ0v) is 14.6. The number of carbonyl (C=O) groups excluding carboxylic acids is 2. The molecule has 2 aromatic rings. The standard InChI is InChI=1S/C19H18F2N2O4/c1-27-14-4-2-12(3-5-14)18(25)22-6-8-23(9-7-22)19(26)17-15(21)10-13(20)11-16(17)24/h2-5,10-11,24H,6-9H2,1H3. The molecule has 27 heavy (non-hydrogen) atoms. The normalized spacial score (nSPS) is 14.2. The highest BCUT2D eigenvalue weighted by molar-refractivity contribution is 5.98. The highest BCUT2D eigenvalue weighted by Crippen LogP contribution is 2.24. The molecule has 0 bridgehead atoms. The van der Waals surface area contributed by atoms with Crippen LogP contribution >= 0.6 is 0 Å². The molecular weight excluding hydrogens is 358 g/mol. The second-order valence-electron chi connectivity index (χ2n) is 6.09. The van der Waals surface area contributed by atoms with E-state index < -0.39 is 28.9 Å². The van der Waals surface area contributed by atoms with Gasteiger partial charge in [0, 0.05) is 43.9 Å². The number of amides is 2. The highest BCUT2D eigenvalue weighted by Gasteiger charge is 2.28. The average molecular weight is 376 g/mol. The number of nitrogens with zero attached hydrogens (tertiary/aromatic N) is 2. The van der Waals surface area contributed by atoms with Crippen molar-refractivity contribution < 1.29 is 28.2 Å². The number of rotatable bonds is 3. The first-order chi connectivity index (χ1) is 12.9. The average Bonchev–Trinajstić information content (AvgIpc) is 2.66. The fraction of sp³-hybridized carbons (Fsp3) is 0.263. The Bertz CT molecular complexity index is 840. The van der Waals surface area contributed by atoms with Gasteiger partial charge in [-0.05, 0) is 24.3 Å². The number of piperazine rings is 1. The van der Waals surface area contributed by atoms with Gasteiger partial charge in [0.15, 0.2) is 0 Å². The molecule has 6 nitrogen and oxygen atoms in total. The summed E-state index contributed by atoms with van der Waals surface area (Å²) in [6, 6.07) is 7.94. The van der Waals surface area contributed by atoms with Gasteiger partial charge in [0.05, 0.1) is 7.11 Å². The Morgan fingerprint density at radius 1 is 0.963 bits per heavy atom. The first-order valence-corrected chi connectivity index (χ1v) is 8.31. The van der Waals surface area contributed by atoms with Gasteiger partial charge in [0.2, 0.25) is 0 Å². The van der Waals surface area contributed by atoms with Crippen molar-refractivity contribution in [3.8, 4) is 11.5 Å². The number of carbonyl (C=O) groups is 2. The van der Waals surface area contributed by atoms with Crippen molar-refractivity contribution in [1.29, 1.82) is 0 Å². The number of hydrogen-bond acceptors (Lipinski definition) is 4. The van der Waals surface area contributed by atoms with Crippen LogP contribution in [0.3, 0.4) is 0 Å². The molecule has 0 unspecified atom stereocenters. The van der Waals surface area contributed by atoms with E-state index >= 15 is 0 Å². The third-order valence-electron chi connectivity index (χ3n) is 4.44. The maximum atomic E-state index is 13.9. The number of ether oxygens (including phenoxy) is 1. The molecule has 3 rings (SSSR count). The Morgan fingerprint density at radius 3 is 2.04 bits per heavy atom.